The minimum Gasteiger partial charge on any atom is -0.396 e. The van der Waals surface area contributed by atoms with E-state index >= 15 is 0 Å². The molecule has 0 bridgehead atoms. The fourth-order valence-corrected chi connectivity index (χ4v) is 2.51. The van der Waals surface area contributed by atoms with Gasteiger partial charge >= 0.3 is 0 Å². The van der Waals surface area contributed by atoms with E-state index in [2.05, 4.69) is 13.8 Å². The molecular weight excluding hydrogens is 202 g/mol. The zero-order valence-electron chi connectivity index (χ0n) is 10.6. The highest BCUT2D eigenvalue weighted by Gasteiger charge is 2.33. The van der Waals surface area contributed by atoms with Crippen molar-refractivity contribution in [1.29, 1.82) is 0 Å². The topological polar surface area (TPSA) is 40.5 Å². The summed E-state index contributed by atoms with van der Waals surface area (Å²) in [5, 5.41) is 9.11. The minimum absolute atomic E-state index is 0.148. The van der Waals surface area contributed by atoms with Crippen LogP contribution in [0.3, 0.4) is 0 Å². The highest BCUT2D eigenvalue weighted by Crippen LogP contribution is 2.24. The van der Waals surface area contributed by atoms with Gasteiger partial charge in [0.1, 0.15) is 0 Å². The van der Waals surface area contributed by atoms with Gasteiger partial charge in [0.2, 0.25) is 5.91 Å². The smallest absolute Gasteiger partial charge is 0.223 e. The molecule has 2 atom stereocenters. The lowest BCUT2D eigenvalue weighted by molar-refractivity contribution is -0.130. The Hall–Kier alpha value is -0.570. The Balaban J connectivity index is 2.52. The van der Waals surface area contributed by atoms with Gasteiger partial charge in [0.15, 0.2) is 0 Å². The molecule has 1 aliphatic rings. The number of likely N-dealkylation sites (tertiary alicyclic amines) is 1. The quantitative estimate of drug-likeness (QED) is 0.724. The third-order valence-electron chi connectivity index (χ3n) is 3.45. The van der Waals surface area contributed by atoms with Crippen LogP contribution in [0, 0.1) is 5.92 Å². The molecule has 1 N–H and O–H groups in total. The Morgan fingerprint density at radius 2 is 2.12 bits per heavy atom. The molecule has 1 aliphatic heterocycles. The number of nitrogens with zero attached hydrogens (tertiary/aromatic N) is 1. The fraction of sp³-hybridized carbons (Fsp3) is 0.923. The number of hydrogen-bond donors (Lipinski definition) is 1. The van der Waals surface area contributed by atoms with Gasteiger partial charge in [-0.05, 0) is 12.8 Å². The maximum absolute atomic E-state index is 11.8. The average Bonchev–Trinajstić information content (AvgIpc) is 2.66. The van der Waals surface area contributed by atoms with Crippen molar-refractivity contribution in [1.82, 2.24) is 4.90 Å². The van der Waals surface area contributed by atoms with Crippen LogP contribution in [0.1, 0.15) is 52.4 Å². The summed E-state index contributed by atoms with van der Waals surface area (Å²) in [7, 11) is 0. The third-order valence-corrected chi connectivity index (χ3v) is 3.45. The SMILES string of the molecule is CCCCC(CCC)N1CC(CO)CC1=O. The number of amides is 1. The van der Waals surface area contributed by atoms with Crippen molar-refractivity contribution >= 4 is 5.91 Å². The predicted octanol–water partition coefficient (Wildman–Crippen LogP) is 2.19. The summed E-state index contributed by atoms with van der Waals surface area (Å²) >= 11 is 0. The molecule has 3 nitrogen and oxygen atoms in total. The Morgan fingerprint density at radius 1 is 1.38 bits per heavy atom. The summed E-state index contributed by atoms with van der Waals surface area (Å²) in [6, 6.07) is 0.411. The molecule has 94 valence electrons. The van der Waals surface area contributed by atoms with Crippen LogP contribution in [0.5, 0.6) is 0 Å². The van der Waals surface area contributed by atoms with E-state index in [1.165, 1.54) is 12.8 Å². The molecule has 1 fully saturated rings. The van der Waals surface area contributed by atoms with Crippen LogP contribution in [0.25, 0.3) is 0 Å². The summed E-state index contributed by atoms with van der Waals surface area (Å²) < 4.78 is 0. The maximum atomic E-state index is 11.8. The van der Waals surface area contributed by atoms with Gasteiger partial charge < -0.3 is 10.0 Å². The molecule has 3 heteroatoms. The first-order valence-electron chi connectivity index (χ1n) is 6.63. The van der Waals surface area contributed by atoms with E-state index in [1.807, 2.05) is 4.90 Å². The normalized spacial score (nSPS) is 22.8. The van der Waals surface area contributed by atoms with Crippen LogP contribution in [0.15, 0.2) is 0 Å². The Morgan fingerprint density at radius 3 is 2.62 bits per heavy atom. The first-order chi connectivity index (χ1) is 7.72. The van der Waals surface area contributed by atoms with Gasteiger partial charge in [-0.1, -0.05) is 33.1 Å². The zero-order valence-corrected chi connectivity index (χ0v) is 10.6. The Kier molecular flexibility index (Phi) is 5.81. The largest absolute Gasteiger partial charge is 0.396 e. The van der Waals surface area contributed by atoms with Gasteiger partial charge in [0.25, 0.3) is 0 Å². The fourth-order valence-electron chi connectivity index (χ4n) is 2.51. The van der Waals surface area contributed by atoms with Gasteiger partial charge in [0.05, 0.1) is 0 Å². The number of hydrogen-bond acceptors (Lipinski definition) is 2. The molecule has 0 aromatic heterocycles. The lowest BCUT2D eigenvalue weighted by Crippen LogP contribution is -2.36. The van der Waals surface area contributed by atoms with E-state index in [4.69, 9.17) is 5.11 Å². The second-order valence-corrected chi connectivity index (χ2v) is 4.88. The summed E-state index contributed by atoms with van der Waals surface area (Å²) in [4.78, 5) is 13.9. The molecule has 1 rings (SSSR count). The van der Waals surface area contributed by atoms with Crippen molar-refractivity contribution in [3.8, 4) is 0 Å². The highest BCUT2D eigenvalue weighted by molar-refractivity contribution is 5.79. The van der Waals surface area contributed by atoms with Crippen molar-refractivity contribution in [3.05, 3.63) is 0 Å². The molecule has 0 spiro atoms. The summed E-state index contributed by atoms with van der Waals surface area (Å²) in [6.07, 6.45) is 6.27. The number of aliphatic hydroxyl groups is 1. The number of aliphatic hydroxyl groups excluding tert-OH is 1. The molecule has 1 saturated heterocycles. The lowest BCUT2D eigenvalue weighted by atomic mass is 10.0. The number of rotatable bonds is 7. The second kappa shape index (κ2) is 6.89. The predicted molar refractivity (Wildman–Crippen MR) is 65.1 cm³/mol. The third kappa shape index (κ3) is 3.48. The molecule has 0 radical (unpaired) electrons. The van der Waals surface area contributed by atoms with Gasteiger partial charge in [-0.15, -0.1) is 0 Å². The Bertz CT molecular complexity index is 218. The highest BCUT2D eigenvalue weighted by atomic mass is 16.3. The molecule has 1 amide bonds. The Labute approximate surface area is 98.8 Å². The molecule has 1 heterocycles. The molecule has 16 heavy (non-hydrogen) atoms. The van der Waals surface area contributed by atoms with Crippen molar-refractivity contribution in [2.24, 2.45) is 5.92 Å². The van der Waals surface area contributed by atoms with Gasteiger partial charge in [-0.3, -0.25) is 4.79 Å². The van der Waals surface area contributed by atoms with Crippen LogP contribution in [-0.4, -0.2) is 35.1 Å². The molecule has 0 aliphatic carbocycles. The van der Waals surface area contributed by atoms with Gasteiger partial charge in [-0.2, -0.15) is 0 Å². The second-order valence-electron chi connectivity index (χ2n) is 4.88. The summed E-state index contributed by atoms with van der Waals surface area (Å²) in [5.41, 5.74) is 0. The van der Waals surface area contributed by atoms with Crippen LogP contribution in [0.4, 0.5) is 0 Å². The number of carbonyl (C=O) groups is 1. The standard InChI is InChI=1S/C13H25NO2/c1-3-5-7-12(6-4-2)14-9-11(10-15)8-13(14)16/h11-12,15H,3-10H2,1-2H3. The van der Waals surface area contributed by atoms with E-state index < -0.39 is 0 Å². The lowest BCUT2D eigenvalue weighted by Gasteiger charge is -2.28. The van der Waals surface area contributed by atoms with Gasteiger partial charge in [-0.25, -0.2) is 0 Å². The molecule has 2 unspecified atom stereocenters. The van der Waals surface area contributed by atoms with E-state index in [-0.39, 0.29) is 18.4 Å². The van der Waals surface area contributed by atoms with E-state index in [1.54, 1.807) is 0 Å². The van der Waals surface area contributed by atoms with E-state index in [0.717, 1.165) is 25.8 Å². The molecule has 0 saturated carbocycles. The van der Waals surface area contributed by atoms with Crippen molar-refractivity contribution in [2.75, 3.05) is 13.2 Å². The van der Waals surface area contributed by atoms with Crippen LogP contribution < -0.4 is 0 Å². The first kappa shape index (κ1) is 13.5. The summed E-state index contributed by atoms with van der Waals surface area (Å²) in [5.74, 6) is 0.419. The van der Waals surface area contributed by atoms with Crippen LogP contribution in [-0.2, 0) is 4.79 Å². The van der Waals surface area contributed by atoms with E-state index in [9.17, 15) is 4.79 Å². The molecule has 0 aromatic rings. The van der Waals surface area contributed by atoms with E-state index in [0.29, 0.717) is 12.5 Å². The maximum Gasteiger partial charge on any atom is 0.223 e. The van der Waals surface area contributed by atoms with Gasteiger partial charge in [0, 0.05) is 31.5 Å². The average molecular weight is 227 g/mol. The summed E-state index contributed by atoms with van der Waals surface area (Å²) in [6.45, 7) is 5.27. The van der Waals surface area contributed by atoms with Crippen LogP contribution >= 0.6 is 0 Å². The number of unbranched alkanes of at least 4 members (excludes halogenated alkanes) is 1. The zero-order chi connectivity index (χ0) is 12.0. The molecular formula is C13H25NO2. The van der Waals surface area contributed by atoms with Crippen LogP contribution in [0.2, 0.25) is 0 Å². The molecule has 0 aromatic carbocycles. The van der Waals surface area contributed by atoms with Crippen molar-refractivity contribution < 1.29 is 9.90 Å². The van der Waals surface area contributed by atoms with Crippen molar-refractivity contribution in [3.63, 3.8) is 0 Å². The number of carbonyl (C=O) groups excluding carboxylic acids is 1. The van der Waals surface area contributed by atoms with Crippen molar-refractivity contribution in [2.45, 2.75) is 58.4 Å². The first-order valence-corrected chi connectivity index (χ1v) is 6.63. The minimum atomic E-state index is 0.148. The monoisotopic (exact) mass is 227 g/mol.